The predicted octanol–water partition coefficient (Wildman–Crippen LogP) is 3.09. The summed E-state index contributed by atoms with van der Waals surface area (Å²) in [5, 5.41) is 6.63. The number of aryl methyl sites for hydroxylation is 1. The summed E-state index contributed by atoms with van der Waals surface area (Å²) in [6, 6.07) is 5.61. The first-order valence-corrected chi connectivity index (χ1v) is 7.82. The highest BCUT2D eigenvalue weighted by Crippen LogP contribution is 2.36. The fourth-order valence-electron chi connectivity index (χ4n) is 3.43. The number of hydrazine groups is 1. The molecule has 3 rings (SSSR count). The molecule has 22 heavy (non-hydrogen) atoms. The number of hydrogen-bond donors (Lipinski definition) is 1. The minimum absolute atomic E-state index is 0.464. The van der Waals surface area contributed by atoms with Crippen molar-refractivity contribution in [3.05, 3.63) is 29.3 Å². The lowest BCUT2D eigenvalue weighted by molar-refractivity contribution is -0.125. The second-order valence-electron chi connectivity index (χ2n) is 6.29. The van der Waals surface area contributed by atoms with Crippen molar-refractivity contribution in [1.82, 2.24) is 10.3 Å². The zero-order valence-corrected chi connectivity index (χ0v) is 12.8. The molecule has 1 aromatic carbocycles. The first kappa shape index (κ1) is 15.6. The molecule has 0 unspecified atom stereocenters. The van der Waals surface area contributed by atoms with Crippen molar-refractivity contribution in [3.63, 3.8) is 0 Å². The number of nitrogens with zero attached hydrogens (tertiary/aromatic N) is 2. The van der Waals surface area contributed by atoms with Crippen molar-refractivity contribution in [2.24, 2.45) is 5.92 Å². The smallest absolute Gasteiger partial charge is 0.317 e. The van der Waals surface area contributed by atoms with Crippen LogP contribution in [0.25, 0.3) is 0 Å². The van der Waals surface area contributed by atoms with Gasteiger partial charge in [-0.3, -0.25) is 5.01 Å². The van der Waals surface area contributed by atoms with E-state index in [0.717, 1.165) is 37.1 Å². The number of hydrogen-bond acceptors (Lipinski definition) is 3. The highest BCUT2D eigenvalue weighted by Gasteiger charge is 2.38. The molecule has 0 bridgehead atoms. The number of nitrogens with one attached hydrogen (secondary N) is 1. The van der Waals surface area contributed by atoms with Crippen molar-refractivity contribution in [2.45, 2.75) is 32.5 Å². The fourth-order valence-corrected chi connectivity index (χ4v) is 3.43. The number of benzene rings is 1. The maximum absolute atomic E-state index is 13.0. The van der Waals surface area contributed by atoms with Crippen LogP contribution in [0.1, 0.15) is 24.0 Å². The minimum atomic E-state index is -4.20. The average molecular weight is 313 g/mol. The monoisotopic (exact) mass is 313 g/mol. The van der Waals surface area contributed by atoms with Crippen LogP contribution in [0.5, 0.6) is 0 Å². The Kier molecular flexibility index (Phi) is 4.32. The van der Waals surface area contributed by atoms with Crippen LogP contribution in [0.4, 0.5) is 18.9 Å². The summed E-state index contributed by atoms with van der Waals surface area (Å²) in [4.78, 5) is 0. The van der Waals surface area contributed by atoms with Crippen molar-refractivity contribution in [1.29, 1.82) is 0 Å². The first-order chi connectivity index (χ1) is 10.4. The molecule has 1 saturated heterocycles. The maximum atomic E-state index is 13.0. The van der Waals surface area contributed by atoms with E-state index in [1.54, 1.807) is 6.07 Å². The Morgan fingerprint density at radius 1 is 1.23 bits per heavy atom. The summed E-state index contributed by atoms with van der Waals surface area (Å²) >= 11 is 0. The fraction of sp³-hybridized carbons (Fsp3) is 0.625. The van der Waals surface area contributed by atoms with E-state index in [-0.39, 0.29) is 0 Å². The molecule has 1 N–H and O–H groups in total. The van der Waals surface area contributed by atoms with Crippen LogP contribution >= 0.6 is 0 Å². The van der Waals surface area contributed by atoms with Crippen LogP contribution in [-0.2, 0) is 6.54 Å². The Morgan fingerprint density at radius 3 is 2.64 bits per heavy atom. The van der Waals surface area contributed by atoms with Crippen LogP contribution in [0.15, 0.2) is 18.2 Å². The SMILES string of the molecule is Cc1cccc2c1CN(CC1CCNCC1)N2CC(F)(F)F. The zero-order chi connectivity index (χ0) is 15.7. The molecular formula is C16H22F3N3. The van der Waals surface area contributed by atoms with Crippen molar-refractivity contribution in [2.75, 3.05) is 31.2 Å². The molecule has 122 valence electrons. The summed E-state index contributed by atoms with van der Waals surface area (Å²) < 4.78 is 38.9. The van der Waals surface area contributed by atoms with Crippen molar-refractivity contribution >= 4 is 5.69 Å². The van der Waals surface area contributed by atoms with Gasteiger partial charge in [0.2, 0.25) is 0 Å². The van der Waals surface area contributed by atoms with E-state index < -0.39 is 12.7 Å². The quantitative estimate of drug-likeness (QED) is 0.925. The van der Waals surface area contributed by atoms with Gasteiger partial charge < -0.3 is 5.32 Å². The molecule has 6 heteroatoms. The molecule has 0 atom stereocenters. The van der Waals surface area contributed by atoms with Gasteiger partial charge in [0.15, 0.2) is 0 Å². The number of halogens is 3. The topological polar surface area (TPSA) is 18.5 Å². The van der Waals surface area contributed by atoms with Gasteiger partial charge in [-0.25, -0.2) is 5.01 Å². The van der Waals surface area contributed by atoms with Gasteiger partial charge in [0.05, 0.1) is 5.69 Å². The number of anilines is 1. The third-order valence-corrected chi connectivity index (χ3v) is 4.60. The molecule has 0 amide bonds. The zero-order valence-electron chi connectivity index (χ0n) is 12.8. The highest BCUT2D eigenvalue weighted by molar-refractivity contribution is 5.59. The predicted molar refractivity (Wildman–Crippen MR) is 80.6 cm³/mol. The van der Waals surface area contributed by atoms with E-state index in [2.05, 4.69) is 5.32 Å². The second-order valence-corrected chi connectivity index (χ2v) is 6.29. The number of fused-ring (bicyclic) bond motifs is 1. The van der Waals surface area contributed by atoms with Gasteiger partial charge in [-0.1, -0.05) is 12.1 Å². The first-order valence-electron chi connectivity index (χ1n) is 7.82. The summed E-state index contributed by atoms with van der Waals surface area (Å²) in [5.74, 6) is 0.464. The molecular weight excluding hydrogens is 291 g/mol. The normalized spacial score (nSPS) is 20.5. The van der Waals surface area contributed by atoms with E-state index in [9.17, 15) is 13.2 Å². The van der Waals surface area contributed by atoms with E-state index in [1.165, 1.54) is 5.01 Å². The third-order valence-electron chi connectivity index (χ3n) is 4.60. The van der Waals surface area contributed by atoms with E-state index in [1.807, 2.05) is 24.1 Å². The number of piperidine rings is 1. The Bertz CT molecular complexity index is 524. The van der Waals surface area contributed by atoms with Crippen LogP contribution in [0, 0.1) is 12.8 Å². The Labute approximate surface area is 129 Å². The van der Waals surface area contributed by atoms with E-state index in [4.69, 9.17) is 0 Å². The van der Waals surface area contributed by atoms with Crippen molar-refractivity contribution < 1.29 is 13.2 Å². The van der Waals surface area contributed by atoms with E-state index >= 15 is 0 Å². The minimum Gasteiger partial charge on any atom is -0.317 e. The van der Waals surface area contributed by atoms with Gasteiger partial charge in [-0.05, 0) is 56.0 Å². The lowest BCUT2D eigenvalue weighted by Crippen LogP contribution is -2.46. The average Bonchev–Trinajstić information content (AvgIpc) is 2.78. The van der Waals surface area contributed by atoms with Crippen LogP contribution in [0.3, 0.4) is 0 Å². The largest absolute Gasteiger partial charge is 0.407 e. The Balaban J connectivity index is 1.81. The summed E-state index contributed by atoms with van der Waals surface area (Å²) in [5.41, 5.74) is 2.81. The molecule has 1 fully saturated rings. The summed E-state index contributed by atoms with van der Waals surface area (Å²) in [6.45, 7) is 4.27. The second kappa shape index (κ2) is 6.08. The van der Waals surface area contributed by atoms with Gasteiger partial charge in [0, 0.05) is 13.1 Å². The molecule has 2 heterocycles. The van der Waals surface area contributed by atoms with E-state index in [0.29, 0.717) is 24.7 Å². The highest BCUT2D eigenvalue weighted by atomic mass is 19.4. The molecule has 1 aromatic rings. The lowest BCUT2D eigenvalue weighted by Gasteiger charge is -2.35. The Morgan fingerprint density at radius 2 is 1.95 bits per heavy atom. The molecule has 3 nitrogen and oxygen atoms in total. The van der Waals surface area contributed by atoms with Gasteiger partial charge in [0.1, 0.15) is 6.54 Å². The van der Waals surface area contributed by atoms with Crippen LogP contribution in [0.2, 0.25) is 0 Å². The van der Waals surface area contributed by atoms with Gasteiger partial charge in [-0.2, -0.15) is 13.2 Å². The Hall–Kier alpha value is -1.27. The maximum Gasteiger partial charge on any atom is 0.407 e. The van der Waals surface area contributed by atoms with Crippen molar-refractivity contribution in [3.8, 4) is 0 Å². The number of rotatable bonds is 3. The summed E-state index contributed by atoms with van der Waals surface area (Å²) in [6.07, 6.45) is -2.13. The number of alkyl halides is 3. The molecule has 2 aliphatic rings. The lowest BCUT2D eigenvalue weighted by atomic mass is 9.98. The molecule has 0 aliphatic carbocycles. The van der Waals surface area contributed by atoms with Crippen LogP contribution in [-0.4, -0.2) is 37.4 Å². The molecule has 0 spiro atoms. The van der Waals surface area contributed by atoms with Crippen LogP contribution < -0.4 is 10.3 Å². The van der Waals surface area contributed by atoms with Gasteiger partial charge in [-0.15, -0.1) is 0 Å². The molecule has 0 saturated carbocycles. The molecule has 0 radical (unpaired) electrons. The van der Waals surface area contributed by atoms with Gasteiger partial charge >= 0.3 is 6.18 Å². The molecule has 0 aromatic heterocycles. The third kappa shape index (κ3) is 3.38. The standard InChI is InChI=1S/C16H22F3N3/c1-12-3-2-4-15-14(12)10-21(22(15)11-16(17,18)19)9-13-5-7-20-8-6-13/h2-4,13,20H,5-11H2,1H3. The van der Waals surface area contributed by atoms with Gasteiger partial charge in [0.25, 0.3) is 0 Å². The summed E-state index contributed by atoms with van der Waals surface area (Å²) in [7, 11) is 0. The molecule has 2 aliphatic heterocycles.